The number of esters is 1. The topological polar surface area (TPSA) is 80.8 Å². The van der Waals surface area contributed by atoms with E-state index in [1.54, 1.807) is 12.1 Å². The Morgan fingerprint density at radius 3 is 2.39 bits per heavy atom. The number of ether oxygens (including phenoxy) is 1. The molecule has 0 N–H and O–H groups in total. The summed E-state index contributed by atoms with van der Waals surface area (Å²) in [5, 5.41) is 0. The maximum atomic E-state index is 12.9. The molecule has 0 amide bonds. The van der Waals surface area contributed by atoms with E-state index in [4.69, 9.17) is 4.74 Å². The van der Waals surface area contributed by atoms with Gasteiger partial charge in [0, 0.05) is 12.1 Å². The largest absolute Gasteiger partial charge is 0.456 e. The lowest BCUT2D eigenvalue weighted by molar-refractivity contribution is -0.146. The number of Topliss-reactive ketones (excluding diaryl/α,β-unsaturated/α-hetero) is 1. The second-order valence-electron chi connectivity index (χ2n) is 6.62. The summed E-state index contributed by atoms with van der Waals surface area (Å²) in [5.41, 5.74) is 1.14. The highest BCUT2D eigenvalue weighted by Gasteiger charge is 2.40. The van der Waals surface area contributed by atoms with Crippen LogP contribution in [0.1, 0.15) is 28.8 Å². The third kappa shape index (κ3) is 4.28. The normalized spacial score (nSPS) is 17.4. The van der Waals surface area contributed by atoms with E-state index in [-0.39, 0.29) is 17.0 Å². The molecule has 28 heavy (non-hydrogen) atoms. The van der Waals surface area contributed by atoms with Crippen LogP contribution in [-0.2, 0) is 19.6 Å². The molecule has 0 saturated carbocycles. The Morgan fingerprint density at radius 1 is 1.11 bits per heavy atom. The van der Waals surface area contributed by atoms with Crippen molar-refractivity contribution in [3.8, 4) is 0 Å². The van der Waals surface area contributed by atoms with Gasteiger partial charge in [-0.25, -0.2) is 12.8 Å². The molecule has 1 aliphatic rings. The van der Waals surface area contributed by atoms with E-state index in [1.807, 2.05) is 6.92 Å². The molecule has 1 fully saturated rings. The number of carbonyl (C=O) groups excluding carboxylic acids is 2. The number of carbonyl (C=O) groups is 2. The molecule has 0 radical (unpaired) electrons. The molecular formula is C20H20FNO5S. The number of hydrogen-bond acceptors (Lipinski definition) is 5. The minimum Gasteiger partial charge on any atom is -0.456 e. The molecule has 8 heteroatoms. The van der Waals surface area contributed by atoms with Gasteiger partial charge < -0.3 is 4.74 Å². The van der Waals surface area contributed by atoms with Crippen LogP contribution in [0.3, 0.4) is 0 Å². The maximum absolute atomic E-state index is 12.9. The third-order valence-electron chi connectivity index (χ3n) is 4.62. The first-order chi connectivity index (χ1) is 13.3. The van der Waals surface area contributed by atoms with E-state index < -0.39 is 40.2 Å². The zero-order chi connectivity index (χ0) is 20.3. The predicted molar refractivity (Wildman–Crippen MR) is 99.8 cm³/mol. The van der Waals surface area contributed by atoms with E-state index >= 15 is 0 Å². The lowest BCUT2D eigenvalue weighted by Gasteiger charge is -2.22. The highest BCUT2D eigenvalue weighted by Crippen LogP contribution is 2.27. The van der Waals surface area contributed by atoms with Crippen molar-refractivity contribution in [3.05, 3.63) is 65.5 Å². The van der Waals surface area contributed by atoms with Crippen LogP contribution in [-0.4, -0.2) is 43.7 Å². The third-order valence-corrected chi connectivity index (χ3v) is 6.54. The van der Waals surface area contributed by atoms with Crippen molar-refractivity contribution in [2.45, 2.75) is 30.7 Å². The molecule has 2 aromatic carbocycles. The summed E-state index contributed by atoms with van der Waals surface area (Å²) >= 11 is 0. The van der Waals surface area contributed by atoms with E-state index in [9.17, 15) is 22.4 Å². The summed E-state index contributed by atoms with van der Waals surface area (Å²) in [4.78, 5) is 24.6. The second-order valence-corrected chi connectivity index (χ2v) is 8.52. The SMILES string of the molecule is Cc1ccc(S(=O)(=O)N2CCC[C@H]2C(=O)OCC(=O)c2ccc(F)cc2)cc1. The average molecular weight is 405 g/mol. The van der Waals surface area contributed by atoms with Crippen molar-refractivity contribution in [1.29, 1.82) is 0 Å². The van der Waals surface area contributed by atoms with Gasteiger partial charge in [-0.05, 0) is 56.2 Å². The van der Waals surface area contributed by atoms with E-state index in [0.717, 1.165) is 22.0 Å². The van der Waals surface area contributed by atoms with Gasteiger partial charge in [0.15, 0.2) is 12.4 Å². The van der Waals surface area contributed by atoms with Crippen LogP contribution < -0.4 is 0 Å². The summed E-state index contributed by atoms with van der Waals surface area (Å²) < 4.78 is 44.9. The van der Waals surface area contributed by atoms with E-state index in [2.05, 4.69) is 0 Å². The van der Waals surface area contributed by atoms with Gasteiger partial charge in [0.05, 0.1) is 4.90 Å². The van der Waals surface area contributed by atoms with Crippen molar-refractivity contribution in [2.75, 3.05) is 13.2 Å². The van der Waals surface area contributed by atoms with Gasteiger partial charge in [0.2, 0.25) is 10.0 Å². The predicted octanol–water partition coefficient (Wildman–Crippen LogP) is 2.71. The van der Waals surface area contributed by atoms with Crippen molar-refractivity contribution < 1.29 is 27.1 Å². The highest BCUT2D eigenvalue weighted by atomic mass is 32.2. The molecule has 0 unspecified atom stereocenters. The first-order valence-corrected chi connectivity index (χ1v) is 10.3. The van der Waals surface area contributed by atoms with Gasteiger partial charge in [0.1, 0.15) is 11.9 Å². The molecule has 0 aliphatic carbocycles. The fraction of sp³-hybridized carbons (Fsp3) is 0.300. The number of benzene rings is 2. The zero-order valence-corrected chi connectivity index (χ0v) is 16.1. The Labute approximate surface area is 163 Å². The van der Waals surface area contributed by atoms with Crippen LogP contribution in [0, 0.1) is 12.7 Å². The molecule has 6 nitrogen and oxygen atoms in total. The summed E-state index contributed by atoms with van der Waals surface area (Å²) in [7, 11) is -3.84. The smallest absolute Gasteiger partial charge is 0.324 e. The van der Waals surface area contributed by atoms with Crippen LogP contribution in [0.4, 0.5) is 4.39 Å². The van der Waals surface area contributed by atoms with Crippen LogP contribution in [0.15, 0.2) is 53.4 Å². The number of halogens is 1. The number of nitrogens with zero attached hydrogens (tertiary/aromatic N) is 1. The molecule has 148 valence electrons. The summed E-state index contributed by atoms with van der Waals surface area (Å²) in [6.07, 6.45) is 0.853. The molecule has 1 atom stereocenters. The molecule has 0 spiro atoms. The van der Waals surface area contributed by atoms with E-state index in [1.165, 1.54) is 24.3 Å². The first-order valence-electron chi connectivity index (χ1n) is 8.83. The van der Waals surface area contributed by atoms with Crippen molar-refractivity contribution in [2.24, 2.45) is 0 Å². The number of sulfonamides is 1. The molecule has 0 aromatic heterocycles. The quantitative estimate of drug-likeness (QED) is 0.545. The molecule has 2 aromatic rings. The summed E-state index contributed by atoms with van der Waals surface area (Å²) in [6.45, 7) is 1.53. The molecule has 3 rings (SSSR count). The van der Waals surface area contributed by atoms with Crippen LogP contribution in [0.25, 0.3) is 0 Å². The maximum Gasteiger partial charge on any atom is 0.324 e. The fourth-order valence-electron chi connectivity index (χ4n) is 3.06. The summed E-state index contributed by atoms with van der Waals surface area (Å²) in [5.74, 6) is -1.72. The van der Waals surface area contributed by atoms with Gasteiger partial charge >= 0.3 is 5.97 Å². The Balaban J connectivity index is 1.68. The minimum atomic E-state index is -3.84. The highest BCUT2D eigenvalue weighted by molar-refractivity contribution is 7.89. The Bertz CT molecular complexity index is 971. The lowest BCUT2D eigenvalue weighted by Crippen LogP contribution is -2.41. The van der Waals surface area contributed by atoms with Gasteiger partial charge in [-0.15, -0.1) is 0 Å². The van der Waals surface area contributed by atoms with Gasteiger partial charge in [0.25, 0.3) is 0 Å². The Morgan fingerprint density at radius 2 is 1.75 bits per heavy atom. The minimum absolute atomic E-state index is 0.111. The number of hydrogen-bond donors (Lipinski definition) is 0. The van der Waals surface area contributed by atoms with Gasteiger partial charge in [-0.3, -0.25) is 9.59 Å². The molecule has 1 aliphatic heterocycles. The van der Waals surface area contributed by atoms with Crippen LogP contribution in [0.2, 0.25) is 0 Å². The fourth-order valence-corrected chi connectivity index (χ4v) is 4.71. The van der Waals surface area contributed by atoms with Crippen molar-refractivity contribution >= 4 is 21.8 Å². The second kappa shape index (κ2) is 8.20. The average Bonchev–Trinajstić information content (AvgIpc) is 3.17. The summed E-state index contributed by atoms with van der Waals surface area (Å²) in [6, 6.07) is 10.3. The van der Waals surface area contributed by atoms with Gasteiger partial charge in [-0.1, -0.05) is 17.7 Å². The number of rotatable bonds is 6. The van der Waals surface area contributed by atoms with Crippen molar-refractivity contribution in [3.63, 3.8) is 0 Å². The first kappa shape index (κ1) is 20.2. The Hall–Kier alpha value is -2.58. The number of aryl methyl sites for hydroxylation is 1. The Kier molecular flexibility index (Phi) is 5.90. The zero-order valence-electron chi connectivity index (χ0n) is 15.3. The standard InChI is InChI=1S/C20H20FNO5S/c1-14-4-10-17(11-5-14)28(25,26)22-12-2-3-18(22)20(24)27-13-19(23)15-6-8-16(21)9-7-15/h4-11,18H,2-3,12-13H2,1H3/t18-/m0/s1. The number of ketones is 1. The van der Waals surface area contributed by atoms with Gasteiger partial charge in [-0.2, -0.15) is 4.31 Å². The molecule has 1 saturated heterocycles. The monoisotopic (exact) mass is 405 g/mol. The molecule has 1 heterocycles. The van der Waals surface area contributed by atoms with E-state index in [0.29, 0.717) is 12.8 Å². The molecule has 0 bridgehead atoms. The van der Waals surface area contributed by atoms with Crippen LogP contribution in [0.5, 0.6) is 0 Å². The molecular weight excluding hydrogens is 385 g/mol. The lowest BCUT2D eigenvalue weighted by atomic mass is 10.1. The van der Waals surface area contributed by atoms with Crippen LogP contribution >= 0.6 is 0 Å². The van der Waals surface area contributed by atoms with Crippen molar-refractivity contribution in [1.82, 2.24) is 4.31 Å².